The molecule has 8 heteroatoms. The van der Waals surface area contributed by atoms with Gasteiger partial charge >= 0.3 is 0 Å². The molecule has 1 aliphatic carbocycles. The largest absolute Gasteiger partial charge is 0.486 e. The fourth-order valence-corrected chi connectivity index (χ4v) is 4.36. The van der Waals surface area contributed by atoms with Crippen LogP contribution in [-0.2, 0) is 17.6 Å². The molecule has 0 saturated heterocycles. The molecule has 1 N–H and O–H groups in total. The van der Waals surface area contributed by atoms with Crippen LogP contribution in [0.5, 0.6) is 11.5 Å². The van der Waals surface area contributed by atoms with Gasteiger partial charge in [0, 0.05) is 10.9 Å². The monoisotopic (exact) mass is 422 g/mol. The molecule has 0 fully saturated rings. The summed E-state index contributed by atoms with van der Waals surface area (Å²) in [7, 11) is 0. The lowest BCUT2D eigenvalue weighted by molar-refractivity contribution is -0.115. The molecule has 25 heavy (non-hydrogen) atoms. The molecule has 0 atom stereocenters. The minimum Gasteiger partial charge on any atom is -0.486 e. The molecular formula is C17H15BrN2O4S. The van der Waals surface area contributed by atoms with Crippen molar-refractivity contribution in [2.45, 2.75) is 25.7 Å². The first kappa shape index (κ1) is 16.5. The molecular weight excluding hydrogens is 408 g/mol. The molecule has 2 heterocycles. The van der Waals surface area contributed by atoms with Gasteiger partial charge in [-0.15, -0.1) is 0 Å². The normalized spacial score (nSPS) is 15.6. The summed E-state index contributed by atoms with van der Waals surface area (Å²) >= 11 is 4.73. The topological polar surface area (TPSA) is 77.5 Å². The van der Waals surface area contributed by atoms with Crippen LogP contribution < -0.4 is 14.8 Å². The van der Waals surface area contributed by atoms with Crippen LogP contribution in [0.3, 0.4) is 0 Å². The van der Waals surface area contributed by atoms with E-state index in [9.17, 15) is 9.59 Å². The third kappa shape index (κ3) is 3.41. The number of fused-ring (bicyclic) bond motifs is 2. The second-order valence-electron chi connectivity index (χ2n) is 5.88. The number of nitrogens with one attached hydrogen (secondary N) is 1. The minimum absolute atomic E-state index is 0.119. The summed E-state index contributed by atoms with van der Waals surface area (Å²) in [4.78, 5) is 29.3. The van der Waals surface area contributed by atoms with Gasteiger partial charge in [-0.05, 0) is 30.5 Å². The second kappa shape index (κ2) is 6.76. The standard InChI is InChI=1S/C17H15BrN2O4S/c18-10-8-14-13(23-4-5-24-14)6-9(10)7-15(22)20-17-19-11-2-1-3-12(21)16(11)25-17/h6,8H,1-5,7H2,(H,19,20,22). The van der Waals surface area contributed by atoms with Crippen molar-refractivity contribution in [3.8, 4) is 11.5 Å². The van der Waals surface area contributed by atoms with Gasteiger partial charge in [0.15, 0.2) is 22.4 Å². The fraction of sp³-hybridized carbons (Fsp3) is 0.353. The molecule has 1 aromatic carbocycles. The van der Waals surface area contributed by atoms with Crippen LogP contribution in [0.25, 0.3) is 0 Å². The second-order valence-corrected chi connectivity index (χ2v) is 7.74. The highest BCUT2D eigenvalue weighted by Gasteiger charge is 2.23. The van der Waals surface area contributed by atoms with Crippen molar-refractivity contribution in [2.24, 2.45) is 0 Å². The van der Waals surface area contributed by atoms with Gasteiger partial charge in [0.25, 0.3) is 0 Å². The zero-order chi connectivity index (χ0) is 17.4. The van der Waals surface area contributed by atoms with E-state index in [1.165, 1.54) is 11.3 Å². The Hall–Kier alpha value is -1.93. The zero-order valence-electron chi connectivity index (χ0n) is 13.3. The highest BCUT2D eigenvalue weighted by atomic mass is 79.9. The van der Waals surface area contributed by atoms with Crippen molar-refractivity contribution < 1.29 is 19.1 Å². The Kier molecular flexibility index (Phi) is 4.47. The predicted molar refractivity (Wildman–Crippen MR) is 96.8 cm³/mol. The van der Waals surface area contributed by atoms with Crippen LogP contribution in [0.1, 0.15) is 33.8 Å². The summed E-state index contributed by atoms with van der Waals surface area (Å²) in [5.41, 5.74) is 1.61. The van der Waals surface area contributed by atoms with Crippen molar-refractivity contribution in [1.29, 1.82) is 0 Å². The molecule has 130 valence electrons. The van der Waals surface area contributed by atoms with Crippen molar-refractivity contribution in [1.82, 2.24) is 4.98 Å². The number of hydrogen-bond donors (Lipinski definition) is 1. The van der Waals surface area contributed by atoms with Gasteiger partial charge in [-0.25, -0.2) is 4.98 Å². The average Bonchev–Trinajstić information content (AvgIpc) is 2.99. The summed E-state index contributed by atoms with van der Waals surface area (Å²) in [6.07, 6.45) is 2.36. The Bertz CT molecular complexity index is 865. The molecule has 1 aliphatic heterocycles. The molecule has 0 bridgehead atoms. The quantitative estimate of drug-likeness (QED) is 0.819. The number of ether oxygens (including phenoxy) is 2. The molecule has 4 rings (SSSR count). The van der Waals surface area contributed by atoms with E-state index in [1.807, 2.05) is 12.1 Å². The van der Waals surface area contributed by atoms with Crippen LogP contribution in [0, 0.1) is 0 Å². The number of benzene rings is 1. The van der Waals surface area contributed by atoms with E-state index in [0.717, 1.165) is 28.6 Å². The summed E-state index contributed by atoms with van der Waals surface area (Å²) in [5.74, 6) is 1.26. The SMILES string of the molecule is O=C(Cc1cc2c(cc1Br)OCCO2)Nc1nc2c(s1)C(=O)CCC2. The first-order valence-corrected chi connectivity index (χ1v) is 9.62. The van der Waals surface area contributed by atoms with Gasteiger partial charge in [0.1, 0.15) is 13.2 Å². The number of nitrogens with zero attached hydrogens (tertiary/aromatic N) is 1. The van der Waals surface area contributed by atoms with Gasteiger partial charge in [0.2, 0.25) is 5.91 Å². The third-order valence-electron chi connectivity index (χ3n) is 4.08. The Balaban J connectivity index is 1.48. The molecule has 1 amide bonds. The van der Waals surface area contributed by atoms with Crippen LogP contribution in [0.15, 0.2) is 16.6 Å². The lowest BCUT2D eigenvalue weighted by Gasteiger charge is -2.19. The van der Waals surface area contributed by atoms with E-state index in [4.69, 9.17) is 9.47 Å². The smallest absolute Gasteiger partial charge is 0.230 e. The van der Waals surface area contributed by atoms with Crippen molar-refractivity contribution >= 4 is 44.1 Å². The van der Waals surface area contributed by atoms with E-state index < -0.39 is 0 Å². The first-order valence-electron chi connectivity index (χ1n) is 8.01. The van der Waals surface area contributed by atoms with E-state index in [2.05, 4.69) is 26.2 Å². The van der Waals surface area contributed by atoms with Crippen molar-refractivity contribution in [2.75, 3.05) is 18.5 Å². The number of ketones is 1. The molecule has 1 aromatic heterocycles. The van der Waals surface area contributed by atoms with Crippen LogP contribution in [0.4, 0.5) is 5.13 Å². The van der Waals surface area contributed by atoms with Gasteiger partial charge in [-0.2, -0.15) is 0 Å². The summed E-state index contributed by atoms with van der Waals surface area (Å²) < 4.78 is 11.9. The molecule has 2 aromatic rings. The maximum Gasteiger partial charge on any atom is 0.230 e. The lowest BCUT2D eigenvalue weighted by atomic mass is 10.0. The number of aryl methyl sites for hydroxylation is 1. The van der Waals surface area contributed by atoms with E-state index in [1.54, 1.807) is 0 Å². The Morgan fingerprint density at radius 1 is 1.24 bits per heavy atom. The average molecular weight is 423 g/mol. The number of hydrogen-bond acceptors (Lipinski definition) is 6. The molecule has 0 spiro atoms. The van der Waals surface area contributed by atoms with Crippen LogP contribution in [-0.4, -0.2) is 29.9 Å². The van der Waals surface area contributed by atoms with Crippen molar-refractivity contribution in [3.05, 3.63) is 32.7 Å². The highest BCUT2D eigenvalue weighted by Crippen LogP contribution is 2.36. The summed E-state index contributed by atoms with van der Waals surface area (Å²) in [6, 6.07) is 3.63. The first-order chi connectivity index (χ1) is 12.1. The number of anilines is 1. The van der Waals surface area contributed by atoms with Crippen molar-refractivity contribution in [3.63, 3.8) is 0 Å². The van der Waals surface area contributed by atoms with E-state index in [-0.39, 0.29) is 18.1 Å². The highest BCUT2D eigenvalue weighted by molar-refractivity contribution is 9.10. The molecule has 0 saturated carbocycles. The van der Waals surface area contributed by atoms with E-state index in [0.29, 0.717) is 41.1 Å². The number of rotatable bonds is 3. The minimum atomic E-state index is -0.184. The molecule has 6 nitrogen and oxygen atoms in total. The maximum atomic E-state index is 12.4. The number of Topliss-reactive ketones (excluding diaryl/α,β-unsaturated/α-hetero) is 1. The fourth-order valence-electron chi connectivity index (χ4n) is 2.90. The number of amides is 1. The van der Waals surface area contributed by atoms with Gasteiger partial charge in [-0.3, -0.25) is 9.59 Å². The van der Waals surface area contributed by atoms with E-state index >= 15 is 0 Å². The number of aromatic nitrogens is 1. The molecule has 0 unspecified atom stereocenters. The van der Waals surface area contributed by atoms with Gasteiger partial charge in [-0.1, -0.05) is 27.3 Å². The molecule has 2 aliphatic rings. The summed E-state index contributed by atoms with van der Waals surface area (Å²) in [5, 5.41) is 3.28. The predicted octanol–water partition coefficient (Wildman–Crippen LogP) is 3.38. The van der Waals surface area contributed by atoms with Gasteiger partial charge < -0.3 is 14.8 Å². The number of thiazole rings is 1. The molecule has 0 radical (unpaired) electrons. The lowest BCUT2D eigenvalue weighted by Crippen LogP contribution is -2.17. The Morgan fingerprint density at radius 3 is 2.76 bits per heavy atom. The number of carbonyl (C=O) groups excluding carboxylic acids is 2. The Morgan fingerprint density at radius 2 is 2.00 bits per heavy atom. The maximum absolute atomic E-state index is 12.4. The summed E-state index contributed by atoms with van der Waals surface area (Å²) in [6.45, 7) is 1.02. The van der Waals surface area contributed by atoms with Crippen LogP contribution in [0.2, 0.25) is 0 Å². The Labute approximate surface area is 156 Å². The third-order valence-corrected chi connectivity index (χ3v) is 5.87. The zero-order valence-corrected chi connectivity index (χ0v) is 15.7. The number of halogens is 1. The van der Waals surface area contributed by atoms with Crippen LogP contribution >= 0.6 is 27.3 Å². The number of carbonyl (C=O) groups is 2. The van der Waals surface area contributed by atoms with Gasteiger partial charge in [0.05, 0.1) is 17.0 Å².